The average molecular weight is 343 g/mol. The molecule has 3 rings (SSSR count). The molecule has 0 radical (unpaired) electrons. The van der Waals surface area contributed by atoms with E-state index in [4.69, 9.17) is 16.3 Å². The first kappa shape index (κ1) is 16.2. The molecule has 0 spiro atoms. The molecule has 0 unspecified atom stereocenters. The minimum atomic E-state index is -0.468. The largest absolute Gasteiger partial charge is 0.462 e. The normalized spacial score (nSPS) is 10.7. The molecule has 0 bridgehead atoms. The third kappa shape index (κ3) is 3.46. The molecular formula is C18H15ClN2O3. The number of hydrogen-bond acceptors (Lipinski definition) is 4. The number of esters is 1. The van der Waals surface area contributed by atoms with Crippen LogP contribution >= 0.6 is 11.6 Å². The SMILES string of the molecule is O=C(OCCCn1cnc2ccccc2c1=O)c1ccccc1Cl. The van der Waals surface area contributed by atoms with E-state index in [2.05, 4.69) is 4.98 Å². The molecule has 24 heavy (non-hydrogen) atoms. The number of rotatable bonds is 5. The Morgan fingerprint density at radius 3 is 2.71 bits per heavy atom. The molecule has 0 atom stereocenters. The summed E-state index contributed by atoms with van der Waals surface area (Å²) >= 11 is 5.95. The zero-order valence-corrected chi connectivity index (χ0v) is 13.6. The third-order valence-corrected chi connectivity index (χ3v) is 3.93. The summed E-state index contributed by atoms with van der Waals surface area (Å²) in [7, 11) is 0. The molecule has 0 saturated carbocycles. The van der Waals surface area contributed by atoms with Gasteiger partial charge in [0.2, 0.25) is 0 Å². The summed E-state index contributed by atoms with van der Waals surface area (Å²) < 4.78 is 6.72. The number of nitrogens with zero attached hydrogens (tertiary/aromatic N) is 2. The van der Waals surface area contributed by atoms with Crippen LogP contribution in [0.15, 0.2) is 59.7 Å². The first-order valence-corrected chi connectivity index (χ1v) is 7.90. The Bertz CT molecular complexity index is 937. The molecule has 3 aromatic rings. The lowest BCUT2D eigenvalue weighted by Gasteiger charge is -2.08. The standard InChI is InChI=1S/C18H15ClN2O3/c19-15-8-3-1-6-13(15)18(23)24-11-5-10-21-12-20-16-9-4-2-7-14(16)17(21)22/h1-4,6-9,12H,5,10-11H2. The zero-order chi connectivity index (χ0) is 16.9. The summed E-state index contributed by atoms with van der Waals surface area (Å²) in [6.07, 6.45) is 2.02. The number of hydrogen-bond donors (Lipinski definition) is 0. The van der Waals surface area contributed by atoms with Crippen molar-refractivity contribution in [2.45, 2.75) is 13.0 Å². The summed E-state index contributed by atoms with van der Waals surface area (Å²) in [6, 6.07) is 13.9. The van der Waals surface area contributed by atoms with Crippen LogP contribution in [-0.2, 0) is 11.3 Å². The summed E-state index contributed by atoms with van der Waals surface area (Å²) in [4.78, 5) is 28.5. The fraction of sp³-hybridized carbons (Fsp3) is 0.167. The maximum atomic E-state index is 12.3. The van der Waals surface area contributed by atoms with Crippen LogP contribution < -0.4 is 5.56 Å². The number of aromatic nitrogens is 2. The Labute approximate surface area is 143 Å². The van der Waals surface area contributed by atoms with Crippen LogP contribution in [-0.4, -0.2) is 22.1 Å². The Hall–Kier alpha value is -2.66. The molecule has 122 valence electrons. The van der Waals surface area contributed by atoms with E-state index in [1.165, 1.54) is 10.9 Å². The van der Waals surface area contributed by atoms with E-state index in [0.717, 1.165) is 0 Å². The second kappa shape index (κ2) is 7.27. The Balaban J connectivity index is 1.59. The number of fused-ring (bicyclic) bond motifs is 1. The smallest absolute Gasteiger partial charge is 0.339 e. The minimum absolute atomic E-state index is 0.0990. The van der Waals surface area contributed by atoms with E-state index in [1.807, 2.05) is 6.07 Å². The van der Waals surface area contributed by atoms with Crippen molar-refractivity contribution >= 4 is 28.5 Å². The van der Waals surface area contributed by atoms with Gasteiger partial charge in [-0.15, -0.1) is 0 Å². The highest BCUT2D eigenvalue weighted by molar-refractivity contribution is 6.33. The predicted octanol–water partition coefficient (Wildman–Crippen LogP) is 3.30. The number of carbonyl (C=O) groups excluding carboxylic acids is 1. The Morgan fingerprint density at radius 2 is 1.88 bits per heavy atom. The zero-order valence-electron chi connectivity index (χ0n) is 12.8. The van der Waals surface area contributed by atoms with Gasteiger partial charge >= 0.3 is 5.97 Å². The van der Waals surface area contributed by atoms with E-state index in [1.54, 1.807) is 42.5 Å². The second-order valence-electron chi connectivity index (χ2n) is 5.23. The van der Waals surface area contributed by atoms with Crippen LogP contribution in [0.3, 0.4) is 0 Å². The number of benzene rings is 2. The molecule has 1 aromatic heterocycles. The van der Waals surface area contributed by atoms with Gasteiger partial charge in [0.1, 0.15) is 0 Å². The summed E-state index contributed by atoms with van der Waals surface area (Å²) in [5.41, 5.74) is 0.908. The molecule has 0 amide bonds. The van der Waals surface area contributed by atoms with Crippen LogP contribution in [0.4, 0.5) is 0 Å². The van der Waals surface area contributed by atoms with Crippen molar-refractivity contribution in [2.75, 3.05) is 6.61 Å². The van der Waals surface area contributed by atoms with Gasteiger partial charge in [-0.2, -0.15) is 0 Å². The molecule has 0 aliphatic carbocycles. The van der Waals surface area contributed by atoms with Gasteiger partial charge in [0.05, 0.1) is 34.4 Å². The summed E-state index contributed by atoms with van der Waals surface area (Å²) in [6.45, 7) is 0.621. The van der Waals surface area contributed by atoms with Gasteiger partial charge in [0.25, 0.3) is 5.56 Å². The lowest BCUT2D eigenvalue weighted by atomic mass is 10.2. The van der Waals surface area contributed by atoms with Crippen molar-refractivity contribution in [2.24, 2.45) is 0 Å². The molecule has 1 heterocycles. The molecule has 6 heteroatoms. The van der Waals surface area contributed by atoms with Gasteiger partial charge in [-0.25, -0.2) is 9.78 Å². The number of aryl methyl sites for hydroxylation is 1. The highest BCUT2D eigenvalue weighted by atomic mass is 35.5. The van der Waals surface area contributed by atoms with Crippen molar-refractivity contribution in [3.63, 3.8) is 0 Å². The van der Waals surface area contributed by atoms with Gasteiger partial charge < -0.3 is 4.74 Å². The van der Waals surface area contributed by atoms with Gasteiger partial charge in [-0.3, -0.25) is 9.36 Å². The van der Waals surface area contributed by atoms with Gasteiger partial charge in [-0.05, 0) is 30.7 Å². The lowest BCUT2D eigenvalue weighted by Crippen LogP contribution is -2.21. The molecule has 0 aliphatic heterocycles. The quantitative estimate of drug-likeness (QED) is 0.527. The maximum Gasteiger partial charge on any atom is 0.339 e. The van der Waals surface area contributed by atoms with Crippen molar-refractivity contribution < 1.29 is 9.53 Å². The van der Waals surface area contributed by atoms with E-state index in [9.17, 15) is 9.59 Å². The summed E-state index contributed by atoms with van der Waals surface area (Å²) in [5.74, 6) is -0.468. The first-order chi connectivity index (χ1) is 11.7. The predicted molar refractivity (Wildman–Crippen MR) is 92.4 cm³/mol. The van der Waals surface area contributed by atoms with Gasteiger partial charge in [-0.1, -0.05) is 35.9 Å². The molecule has 5 nitrogen and oxygen atoms in total. The molecule has 0 aliphatic rings. The molecule has 0 fully saturated rings. The number of para-hydroxylation sites is 1. The van der Waals surface area contributed by atoms with Crippen molar-refractivity contribution in [1.29, 1.82) is 0 Å². The van der Waals surface area contributed by atoms with E-state index >= 15 is 0 Å². The highest BCUT2D eigenvalue weighted by Crippen LogP contribution is 2.15. The van der Waals surface area contributed by atoms with Crippen molar-refractivity contribution in [3.05, 3.63) is 75.8 Å². The summed E-state index contributed by atoms with van der Waals surface area (Å²) in [5, 5.41) is 0.936. The number of halogens is 1. The molecule has 0 saturated heterocycles. The average Bonchev–Trinajstić information content (AvgIpc) is 2.61. The third-order valence-electron chi connectivity index (χ3n) is 3.60. The van der Waals surface area contributed by atoms with E-state index in [-0.39, 0.29) is 12.2 Å². The van der Waals surface area contributed by atoms with Gasteiger partial charge in [0.15, 0.2) is 0 Å². The molecule has 2 aromatic carbocycles. The van der Waals surface area contributed by atoms with Crippen LogP contribution in [0.5, 0.6) is 0 Å². The van der Waals surface area contributed by atoms with E-state index < -0.39 is 5.97 Å². The lowest BCUT2D eigenvalue weighted by molar-refractivity contribution is 0.0496. The topological polar surface area (TPSA) is 61.2 Å². The Kier molecular flexibility index (Phi) is 4.91. The van der Waals surface area contributed by atoms with Crippen LogP contribution in [0.2, 0.25) is 5.02 Å². The minimum Gasteiger partial charge on any atom is -0.462 e. The van der Waals surface area contributed by atoms with E-state index in [0.29, 0.717) is 34.5 Å². The highest BCUT2D eigenvalue weighted by Gasteiger charge is 2.10. The van der Waals surface area contributed by atoms with Crippen LogP contribution in [0.1, 0.15) is 16.8 Å². The first-order valence-electron chi connectivity index (χ1n) is 7.52. The fourth-order valence-electron chi connectivity index (χ4n) is 2.37. The maximum absolute atomic E-state index is 12.3. The monoisotopic (exact) mass is 342 g/mol. The van der Waals surface area contributed by atoms with Crippen molar-refractivity contribution in [1.82, 2.24) is 9.55 Å². The second-order valence-corrected chi connectivity index (χ2v) is 5.64. The van der Waals surface area contributed by atoms with Crippen LogP contribution in [0.25, 0.3) is 10.9 Å². The number of ether oxygens (including phenoxy) is 1. The van der Waals surface area contributed by atoms with Crippen LogP contribution in [0, 0.1) is 0 Å². The number of carbonyl (C=O) groups is 1. The molecule has 0 N–H and O–H groups in total. The molecular weight excluding hydrogens is 328 g/mol. The Morgan fingerprint density at radius 1 is 1.12 bits per heavy atom. The fourth-order valence-corrected chi connectivity index (χ4v) is 2.58. The van der Waals surface area contributed by atoms with Crippen molar-refractivity contribution in [3.8, 4) is 0 Å². The van der Waals surface area contributed by atoms with Gasteiger partial charge in [0, 0.05) is 6.54 Å².